The number of carbonyl (C=O) groups excluding carboxylic acids is 1. The summed E-state index contributed by atoms with van der Waals surface area (Å²) in [6.07, 6.45) is 4.87. The number of halogens is 1. The topological polar surface area (TPSA) is 58.4 Å². The van der Waals surface area contributed by atoms with E-state index in [-0.39, 0.29) is 5.91 Å². The van der Waals surface area contributed by atoms with Crippen molar-refractivity contribution in [2.45, 2.75) is 31.7 Å². The first-order valence-corrected chi connectivity index (χ1v) is 8.51. The second kappa shape index (κ2) is 6.36. The van der Waals surface area contributed by atoms with Crippen LogP contribution >= 0.6 is 15.9 Å². The van der Waals surface area contributed by atoms with Gasteiger partial charge in [-0.15, -0.1) is 0 Å². The van der Waals surface area contributed by atoms with E-state index in [1.54, 1.807) is 0 Å². The smallest absolute Gasteiger partial charge is 0.250 e. The molecule has 0 bridgehead atoms. The molecule has 114 valence electrons. The monoisotopic (exact) mass is 351 g/mol. The average Bonchev–Trinajstić information content (AvgIpc) is 3.31. The third-order valence-electron chi connectivity index (χ3n) is 4.43. The Morgan fingerprint density at radius 3 is 2.62 bits per heavy atom. The van der Waals surface area contributed by atoms with Crippen LogP contribution in [0.4, 0.5) is 5.69 Å². The zero-order valence-corrected chi connectivity index (χ0v) is 13.7. The number of amides is 1. The van der Waals surface area contributed by atoms with E-state index >= 15 is 0 Å². The van der Waals surface area contributed by atoms with Gasteiger partial charge >= 0.3 is 0 Å². The number of nitrogens with zero attached hydrogens (tertiary/aromatic N) is 1. The van der Waals surface area contributed by atoms with Crippen LogP contribution in [0.15, 0.2) is 22.7 Å². The highest BCUT2D eigenvalue weighted by molar-refractivity contribution is 9.10. The standard InChI is InChI=1S/C16H22BrN3O/c17-12-1-4-15(14(9-12)16(18)21)20(13-2-3-13)10-11-5-7-19-8-6-11/h1,4,9,11,13,19H,2-3,5-8,10H2,(H2,18,21). The van der Waals surface area contributed by atoms with E-state index in [4.69, 9.17) is 5.73 Å². The maximum Gasteiger partial charge on any atom is 0.250 e. The molecule has 21 heavy (non-hydrogen) atoms. The molecule has 2 aliphatic rings. The minimum absolute atomic E-state index is 0.345. The molecule has 0 atom stereocenters. The van der Waals surface area contributed by atoms with Gasteiger partial charge in [0.25, 0.3) is 5.91 Å². The Morgan fingerprint density at radius 1 is 1.29 bits per heavy atom. The molecule has 3 rings (SSSR count). The predicted molar refractivity (Wildman–Crippen MR) is 88.6 cm³/mol. The molecule has 0 unspecified atom stereocenters. The average molecular weight is 352 g/mol. The molecule has 1 heterocycles. The largest absolute Gasteiger partial charge is 0.368 e. The maximum absolute atomic E-state index is 11.8. The van der Waals surface area contributed by atoms with Gasteiger partial charge in [-0.2, -0.15) is 0 Å². The summed E-state index contributed by atoms with van der Waals surface area (Å²) in [5, 5.41) is 3.41. The van der Waals surface area contributed by atoms with Gasteiger partial charge in [0.15, 0.2) is 0 Å². The van der Waals surface area contributed by atoms with Crippen LogP contribution in [0.1, 0.15) is 36.0 Å². The number of nitrogens with one attached hydrogen (secondary N) is 1. The van der Waals surface area contributed by atoms with Crippen LogP contribution in [-0.2, 0) is 0 Å². The van der Waals surface area contributed by atoms with E-state index < -0.39 is 0 Å². The first-order valence-electron chi connectivity index (χ1n) is 7.72. The van der Waals surface area contributed by atoms with Gasteiger partial charge in [-0.3, -0.25) is 4.79 Å². The molecule has 1 aromatic rings. The fraction of sp³-hybridized carbons (Fsp3) is 0.562. The number of hydrogen-bond acceptors (Lipinski definition) is 3. The van der Waals surface area contributed by atoms with Crippen LogP contribution in [-0.4, -0.2) is 31.6 Å². The number of piperidine rings is 1. The first kappa shape index (κ1) is 14.9. The van der Waals surface area contributed by atoms with Crippen molar-refractivity contribution in [3.63, 3.8) is 0 Å². The Kier molecular flexibility index (Phi) is 4.50. The van der Waals surface area contributed by atoms with Crippen LogP contribution in [0.3, 0.4) is 0 Å². The lowest BCUT2D eigenvalue weighted by molar-refractivity contribution is 0.100. The maximum atomic E-state index is 11.8. The van der Waals surface area contributed by atoms with E-state index in [2.05, 4.69) is 26.1 Å². The molecule has 1 aliphatic carbocycles. The number of anilines is 1. The van der Waals surface area contributed by atoms with E-state index in [0.717, 1.165) is 29.8 Å². The summed E-state index contributed by atoms with van der Waals surface area (Å²) in [7, 11) is 0. The van der Waals surface area contributed by atoms with Crippen LogP contribution in [0, 0.1) is 5.92 Å². The van der Waals surface area contributed by atoms with Crippen LogP contribution in [0.25, 0.3) is 0 Å². The van der Waals surface area contributed by atoms with Gasteiger partial charge < -0.3 is 16.0 Å². The number of hydrogen-bond donors (Lipinski definition) is 2. The molecule has 0 spiro atoms. The Morgan fingerprint density at radius 2 is 2.00 bits per heavy atom. The van der Waals surface area contributed by atoms with Crippen molar-refractivity contribution >= 4 is 27.5 Å². The first-order chi connectivity index (χ1) is 10.1. The van der Waals surface area contributed by atoms with Gasteiger partial charge in [-0.25, -0.2) is 0 Å². The molecule has 1 saturated heterocycles. The molecule has 1 aliphatic heterocycles. The van der Waals surface area contributed by atoms with Crippen LogP contribution in [0.2, 0.25) is 0 Å². The Hall–Kier alpha value is -1.07. The molecule has 5 heteroatoms. The highest BCUT2D eigenvalue weighted by atomic mass is 79.9. The molecule has 0 aromatic heterocycles. The minimum Gasteiger partial charge on any atom is -0.368 e. The molecule has 0 radical (unpaired) electrons. The fourth-order valence-corrected chi connectivity index (χ4v) is 3.49. The Bertz CT molecular complexity index is 524. The lowest BCUT2D eigenvalue weighted by Crippen LogP contribution is -2.38. The third-order valence-corrected chi connectivity index (χ3v) is 4.93. The summed E-state index contributed by atoms with van der Waals surface area (Å²) in [4.78, 5) is 14.2. The number of nitrogens with two attached hydrogens (primary N) is 1. The number of carbonyl (C=O) groups is 1. The Labute approximate surface area is 134 Å². The van der Waals surface area contributed by atoms with Crippen molar-refractivity contribution in [3.05, 3.63) is 28.2 Å². The molecule has 3 N–H and O–H groups in total. The quantitative estimate of drug-likeness (QED) is 0.856. The number of rotatable bonds is 5. The molecule has 1 saturated carbocycles. The lowest BCUT2D eigenvalue weighted by atomic mass is 9.96. The second-order valence-electron chi connectivity index (χ2n) is 6.10. The normalized spacial score (nSPS) is 19.5. The van der Waals surface area contributed by atoms with E-state index in [9.17, 15) is 4.79 Å². The van der Waals surface area contributed by atoms with Gasteiger partial charge in [-0.05, 0) is 62.9 Å². The molecule has 4 nitrogen and oxygen atoms in total. The molecule has 2 fully saturated rings. The van der Waals surface area contributed by atoms with Crippen molar-refractivity contribution in [2.75, 3.05) is 24.5 Å². The van der Waals surface area contributed by atoms with Gasteiger partial charge in [0.05, 0.1) is 5.56 Å². The molecular weight excluding hydrogens is 330 g/mol. The van der Waals surface area contributed by atoms with E-state index in [0.29, 0.717) is 17.5 Å². The van der Waals surface area contributed by atoms with Crippen molar-refractivity contribution in [3.8, 4) is 0 Å². The number of benzene rings is 1. The lowest BCUT2D eigenvalue weighted by Gasteiger charge is -2.32. The highest BCUT2D eigenvalue weighted by Crippen LogP contribution is 2.36. The SMILES string of the molecule is NC(=O)c1cc(Br)ccc1N(CC1CCNCC1)C1CC1. The summed E-state index contributed by atoms with van der Waals surface area (Å²) in [5.74, 6) is 0.360. The fourth-order valence-electron chi connectivity index (χ4n) is 3.13. The van der Waals surface area contributed by atoms with Gasteiger partial charge in [-0.1, -0.05) is 15.9 Å². The minimum atomic E-state index is -0.345. The van der Waals surface area contributed by atoms with Gasteiger partial charge in [0.1, 0.15) is 0 Å². The molecule has 1 amide bonds. The predicted octanol–water partition coefficient (Wildman–Crippen LogP) is 2.52. The summed E-state index contributed by atoms with van der Waals surface area (Å²) in [6.45, 7) is 3.24. The van der Waals surface area contributed by atoms with Crippen LogP contribution < -0.4 is 16.0 Å². The highest BCUT2D eigenvalue weighted by Gasteiger charge is 2.33. The van der Waals surface area contributed by atoms with Crippen molar-refractivity contribution in [2.24, 2.45) is 11.7 Å². The van der Waals surface area contributed by atoms with Gasteiger partial charge in [0.2, 0.25) is 0 Å². The molecule has 1 aromatic carbocycles. The summed E-state index contributed by atoms with van der Waals surface area (Å²) < 4.78 is 0.901. The second-order valence-corrected chi connectivity index (χ2v) is 7.02. The zero-order valence-electron chi connectivity index (χ0n) is 12.1. The number of primary amides is 1. The molecular formula is C16H22BrN3O. The van der Waals surface area contributed by atoms with Crippen molar-refractivity contribution in [1.29, 1.82) is 0 Å². The van der Waals surface area contributed by atoms with E-state index in [1.807, 2.05) is 18.2 Å². The Balaban J connectivity index is 1.85. The summed E-state index contributed by atoms with van der Waals surface area (Å²) in [6, 6.07) is 6.46. The van der Waals surface area contributed by atoms with Gasteiger partial charge in [0, 0.05) is 22.7 Å². The van der Waals surface area contributed by atoms with E-state index in [1.165, 1.54) is 25.7 Å². The van der Waals surface area contributed by atoms with Crippen molar-refractivity contribution < 1.29 is 4.79 Å². The summed E-state index contributed by atoms with van der Waals surface area (Å²) >= 11 is 3.43. The zero-order chi connectivity index (χ0) is 14.8. The summed E-state index contributed by atoms with van der Waals surface area (Å²) in [5.41, 5.74) is 7.21. The third kappa shape index (κ3) is 3.58. The van der Waals surface area contributed by atoms with Crippen LogP contribution in [0.5, 0.6) is 0 Å². The van der Waals surface area contributed by atoms with Crippen molar-refractivity contribution in [1.82, 2.24) is 5.32 Å².